The number of nitrogens with one attached hydrogen (secondary N) is 1. The number of rotatable bonds is 8. The Morgan fingerprint density at radius 2 is 2.24 bits per heavy atom. The van der Waals surface area contributed by atoms with Gasteiger partial charge in [-0.3, -0.25) is 14.5 Å². The highest BCUT2D eigenvalue weighted by atomic mass is 16.2. The number of amides is 2. The van der Waals surface area contributed by atoms with Crippen LogP contribution in [0, 0.1) is 5.92 Å². The van der Waals surface area contributed by atoms with Gasteiger partial charge in [0, 0.05) is 26.7 Å². The molecule has 1 saturated heterocycles. The van der Waals surface area contributed by atoms with E-state index in [0.717, 1.165) is 31.9 Å². The van der Waals surface area contributed by atoms with Crippen molar-refractivity contribution >= 4 is 11.8 Å². The van der Waals surface area contributed by atoms with E-state index in [-0.39, 0.29) is 24.3 Å². The molecular weight excluding hydrogens is 320 g/mol. The highest BCUT2D eigenvalue weighted by Gasteiger charge is 2.32. The van der Waals surface area contributed by atoms with E-state index in [2.05, 4.69) is 34.3 Å². The van der Waals surface area contributed by atoms with Gasteiger partial charge in [0.2, 0.25) is 11.8 Å². The summed E-state index contributed by atoms with van der Waals surface area (Å²) in [6, 6.07) is -0.383. The van der Waals surface area contributed by atoms with Gasteiger partial charge in [-0.05, 0) is 25.8 Å². The molecule has 8 nitrogen and oxygen atoms in total. The van der Waals surface area contributed by atoms with Gasteiger partial charge in [-0.1, -0.05) is 13.8 Å². The molecule has 1 fully saturated rings. The maximum Gasteiger partial charge on any atom is 0.237 e. The van der Waals surface area contributed by atoms with Gasteiger partial charge in [0.1, 0.15) is 6.33 Å². The minimum absolute atomic E-state index is 0.0477. The van der Waals surface area contributed by atoms with Crippen LogP contribution in [0.25, 0.3) is 0 Å². The quantitative estimate of drug-likeness (QED) is 0.738. The van der Waals surface area contributed by atoms with Crippen LogP contribution in [0.5, 0.6) is 0 Å². The zero-order chi connectivity index (χ0) is 18.4. The summed E-state index contributed by atoms with van der Waals surface area (Å²) < 4.78 is 1.91. The fourth-order valence-corrected chi connectivity index (χ4v) is 2.96. The van der Waals surface area contributed by atoms with E-state index in [1.807, 2.05) is 11.5 Å². The summed E-state index contributed by atoms with van der Waals surface area (Å²) in [4.78, 5) is 28.7. The fourth-order valence-electron chi connectivity index (χ4n) is 2.96. The molecule has 0 unspecified atom stereocenters. The number of piperazine rings is 1. The molecule has 1 aliphatic heterocycles. The maximum absolute atomic E-state index is 12.6. The molecule has 1 aromatic rings. The van der Waals surface area contributed by atoms with Crippen molar-refractivity contribution in [2.75, 3.05) is 26.7 Å². The van der Waals surface area contributed by atoms with Gasteiger partial charge >= 0.3 is 0 Å². The summed E-state index contributed by atoms with van der Waals surface area (Å²) in [5.74, 6) is 1.23. The lowest BCUT2D eigenvalue weighted by Gasteiger charge is -2.35. The van der Waals surface area contributed by atoms with Gasteiger partial charge < -0.3 is 14.8 Å². The van der Waals surface area contributed by atoms with Crippen molar-refractivity contribution in [1.82, 2.24) is 29.9 Å². The lowest BCUT2D eigenvalue weighted by molar-refractivity contribution is -0.138. The van der Waals surface area contributed by atoms with Gasteiger partial charge in [-0.2, -0.15) is 0 Å². The normalized spacial score (nSPS) is 18.4. The van der Waals surface area contributed by atoms with Crippen LogP contribution in [0.3, 0.4) is 0 Å². The minimum atomic E-state index is -0.383. The third-order valence-electron chi connectivity index (χ3n) is 4.64. The summed E-state index contributed by atoms with van der Waals surface area (Å²) in [5, 5.41) is 10.8. The average Bonchev–Trinajstić information content (AvgIpc) is 3.02. The van der Waals surface area contributed by atoms with Crippen molar-refractivity contribution < 1.29 is 9.59 Å². The predicted molar refractivity (Wildman–Crippen MR) is 94.6 cm³/mol. The van der Waals surface area contributed by atoms with Crippen LogP contribution in [-0.4, -0.2) is 69.1 Å². The molecule has 0 aliphatic carbocycles. The zero-order valence-electron chi connectivity index (χ0n) is 15.7. The largest absolute Gasteiger partial charge is 0.353 e. The molecule has 2 heterocycles. The van der Waals surface area contributed by atoms with Gasteiger partial charge in [0.05, 0.1) is 19.0 Å². The van der Waals surface area contributed by atoms with Crippen molar-refractivity contribution in [2.45, 2.75) is 52.7 Å². The molecule has 1 aromatic heterocycles. The zero-order valence-corrected chi connectivity index (χ0v) is 15.7. The number of carbonyl (C=O) groups excluding carboxylic acids is 2. The second-order valence-corrected chi connectivity index (χ2v) is 7.01. The Morgan fingerprint density at radius 1 is 1.48 bits per heavy atom. The number of aryl methyl sites for hydroxylation is 1. The summed E-state index contributed by atoms with van der Waals surface area (Å²) in [7, 11) is 1.75. The van der Waals surface area contributed by atoms with Gasteiger partial charge in [-0.25, -0.2) is 0 Å². The number of aromatic nitrogens is 3. The van der Waals surface area contributed by atoms with Crippen LogP contribution >= 0.6 is 0 Å². The summed E-state index contributed by atoms with van der Waals surface area (Å²) in [6.07, 6.45) is 2.88. The Kier molecular flexibility index (Phi) is 6.92. The van der Waals surface area contributed by atoms with Crippen LogP contribution in [0.15, 0.2) is 6.33 Å². The first-order chi connectivity index (χ1) is 11.9. The van der Waals surface area contributed by atoms with E-state index in [1.54, 1.807) is 18.3 Å². The molecule has 25 heavy (non-hydrogen) atoms. The Bertz CT molecular complexity index is 585. The highest BCUT2D eigenvalue weighted by Crippen LogP contribution is 2.14. The first kappa shape index (κ1) is 19.4. The molecule has 2 rings (SSSR count). The molecule has 140 valence electrons. The second kappa shape index (κ2) is 8.94. The monoisotopic (exact) mass is 350 g/mol. The number of carbonyl (C=O) groups is 2. The molecular formula is C17H30N6O2. The molecule has 1 N–H and O–H groups in total. The predicted octanol–water partition coefficient (Wildman–Crippen LogP) is 0.493. The van der Waals surface area contributed by atoms with Gasteiger partial charge in [0.15, 0.2) is 5.82 Å². The summed E-state index contributed by atoms with van der Waals surface area (Å²) in [6.45, 7) is 9.79. The molecule has 0 aromatic carbocycles. The number of nitrogens with zero attached hydrogens (tertiary/aromatic N) is 5. The molecule has 0 spiro atoms. The van der Waals surface area contributed by atoms with Gasteiger partial charge in [-0.15, -0.1) is 10.2 Å². The Balaban J connectivity index is 1.96. The van der Waals surface area contributed by atoms with Crippen LogP contribution in [-0.2, 0) is 22.7 Å². The molecule has 1 aliphatic rings. The van der Waals surface area contributed by atoms with Crippen LogP contribution in [0.1, 0.15) is 39.4 Å². The Labute approximate surface area is 149 Å². The fraction of sp³-hybridized carbons (Fsp3) is 0.765. The third-order valence-corrected chi connectivity index (χ3v) is 4.64. The molecule has 8 heteroatoms. The number of hydrogen-bond donors (Lipinski definition) is 1. The van der Waals surface area contributed by atoms with Gasteiger partial charge in [0.25, 0.3) is 0 Å². The molecule has 0 saturated carbocycles. The highest BCUT2D eigenvalue weighted by molar-refractivity contribution is 5.88. The topological polar surface area (TPSA) is 83.4 Å². The lowest BCUT2D eigenvalue weighted by Crippen LogP contribution is -2.56. The van der Waals surface area contributed by atoms with Crippen molar-refractivity contribution in [1.29, 1.82) is 0 Å². The second-order valence-electron chi connectivity index (χ2n) is 7.01. The first-order valence-electron chi connectivity index (χ1n) is 9.04. The third kappa shape index (κ3) is 5.26. The first-order valence-corrected chi connectivity index (χ1v) is 9.04. The molecule has 2 amide bonds. The lowest BCUT2D eigenvalue weighted by atomic mass is 10.0. The van der Waals surface area contributed by atoms with Crippen molar-refractivity contribution in [3.05, 3.63) is 12.2 Å². The van der Waals surface area contributed by atoms with E-state index in [0.29, 0.717) is 19.0 Å². The van der Waals surface area contributed by atoms with Crippen LogP contribution in [0.2, 0.25) is 0 Å². The van der Waals surface area contributed by atoms with Crippen LogP contribution < -0.4 is 5.32 Å². The molecule has 1 atom stereocenters. The maximum atomic E-state index is 12.6. The average molecular weight is 350 g/mol. The smallest absolute Gasteiger partial charge is 0.237 e. The van der Waals surface area contributed by atoms with Crippen molar-refractivity contribution in [3.8, 4) is 0 Å². The number of hydrogen-bond acceptors (Lipinski definition) is 5. The van der Waals surface area contributed by atoms with Crippen molar-refractivity contribution in [3.63, 3.8) is 0 Å². The molecule has 0 radical (unpaired) electrons. The summed E-state index contributed by atoms with van der Waals surface area (Å²) >= 11 is 0. The van der Waals surface area contributed by atoms with E-state index in [1.165, 1.54) is 0 Å². The van der Waals surface area contributed by atoms with Crippen molar-refractivity contribution in [2.24, 2.45) is 5.92 Å². The standard InChI is InChI=1S/C17H30N6O2/c1-5-22-12-19-20-15(22)11-21(4)16(24)10-14-17(25)18-7-9-23(14)8-6-13(2)3/h12-14H,5-11H2,1-4H3,(H,18,25)/t14-/m0/s1. The van der Waals surface area contributed by atoms with E-state index in [9.17, 15) is 9.59 Å². The Morgan fingerprint density at radius 3 is 2.92 bits per heavy atom. The molecule has 0 bridgehead atoms. The summed E-state index contributed by atoms with van der Waals surface area (Å²) in [5.41, 5.74) is 0. The van der Waals surface area contributed by atoms with Crippen LogP contribution in [0.4, 0.5) is 0 Å². The van der Waals surface area contributed by atoms with E-state index in [4.69, 9.17) is 0 Å². The SMILES string of the molecule is CCn1cnnc1CN(C)C(=O)C[C@H]1C(=O)NCCN1CCC(C)C. The minimum Gasteiger partial charge on any atom is -0.353 e. The van der Waals surface area contributed by atoms with E-state index >= 15 is 0 Å². The Hall–Kier alpha value is -1.96. The van der Waals surface area contributed by atoms with E-state index < -0.39 is 0 Å².